The number of piperazine rings is 1. The van der Waals surface area contributed by atoms with Gasteiger partial charge < -0.3 is 14.5 Å². The van der Waals surface area contributed by atoms with Crippen molar-refractivity contribution in [3.63, 3.8) is 0 Å². The number of nitrogens with zero attached hydrogens (tertiary/aromatic N) is 3. The molecular weight excluding hydrogens is 326 g/mol. The van der Waals surface area contributed by atoms with Crippen molar-refractivity contribution >= 4 is 17.6 Å². The summed E-state index contributed by atoms with van der Waals surface area (Å²) in [6, 6.07) is 8.98. The van der Waals surface area contributed by atoms with Crippen molar-refractivity contribution in [3.05, 3.63) is 34.9 Å². The zero-order chi connectivity index (χ0) is 16.5. The summed E-state index contributed by atoms with van der Waals surface area (Å²) in [5, 5.41) is 0.775. The zero-order valence-corrected chi connectivity index (χ0v) is 14.6. The number of fused-ring (bicyclic) bond motifs is 1. The Morgan fingerprint density at radius 1 is 1.00 bits per heavy atom. The van der Waals surface area contributed by atoms with Crippen molar-refractivity contribution in [3.8, 4) is 0 Å². The second kappa shape index (κ2) is 6.90. The Balaban J connectivity index is 1.38. The first-order chi connectivity index (χ1) is 11.7. The van der Waals surface area contributed by atoms with Gasteiger partial charge in [-0.15, -0.1) is 0 Å². The number of amides is 2. The van der Waals surface area contributed by atoms with Crippen LogP contribution >= 0.6 is 11.6 Å². The molecule has 0 aromatic heterocycles. The fourth-order valence-corrected chi connectivity index (χ4v) is 4.22. The van der Waals surface area contributed by atoms with Crippen molar-refractivity contribution in [1.29, 1.82) is 0 Å². The van der Waals surface area contributed by atoms with Crippen molar-refractivity contribution in [2.45, 2.75) is 31.5 Å². The normalized spacial score (nSPS) is 26.0. The van der Waals surface area contributed by atoms with E-state index < -0.39 is 0 Å². The molecule has 0 radical (unpaired) electrons. The van der Waals surface area contributed by atoms with Gasteiger partial charge in [-0.05, 0) is 30.5 Å². The van der Waals surface area contributed by atoms with E-state index in [1.807, 2.05) is 12.1 Å². The van der Waals surface area contributed by atoms with Gasteiger partial charge in [-0.3, -0.25) is 4.90 Å². The number of carbonyl (C=O) groups is 1. The molecule has 0 spiro atoms. The highest BCUT2D eigenvalue weighted by Gasteiger charge is 2.43. The molecule has 0 unspecified atom stereocenters. The smallest absolute Gasteiger partial charge is 0.320 e. The van der Waals surface area contributed by atoms with Crippen LogP contribution in [-0.4, -0.2) is 72.2 Å². The summed E-state index contributed by atoms with van der Waals surface area (Å²) in [6.45, 7) is 6.06. The lowest BCUT2D eigenvalue weighted by Gasteiger charge is -2.36. The van der Waals surface area contributed by atoms with Gasteiger partial charge in [-0.2, -0.15) is 0 Å². The Hall–Kier alpha value is -1.30. The van der Waals surface area contributed by atoms with Gasteiger partial charge in [0.2, 0.25) is 0 Å². The van der Waals surface area contributed by atoms with Crippen LogP contribution < -0.4 is 0 Å². The maximum absolute atomic E-state index is 12.7. The molecule has 5 nitrogen and oxygen atoms in total. The molecule has 2 amide bonds. The van der Waals surface area contributed by atoms with E-state index in [-0.39, 0.29) is 6.03 Å². The van der Waals surface area contributed by atoms with Crippen LogP contribution in [0.1, 0.15) is 18.4 Å². The summed E-state index contributed by atoms with van der Waals surface area (Å²) in [4.78, 5) is 19.3. The predicted molar refractivity (Wildman–Crippen MR) is 93.2 cm³/mol. The lowest BCUT2D eigenvalue weighted by atomic mass is 10.1. The SMILES string of the molecule is O=C1N(C2CCOCC2)C[C@H]2CN(Cc3ccc(Cl)cc3)CCN12. The molecule has 130 valence electrons. The van der Waals surface area contributed by atoms with Crippen LogP contribution in [0, 0.1) is 0 Å². The zero-order valence-electron chi connectivity index (χ0n) is 13.9. The fraction of sp³-hybridized carbons (Fsp3) is 0.611. The topological polar surface area (TPSA) is 36.0 Å². The summed E-state index contributed by atoms with van der Waals surface area (Å²) < 4.78 is 5.44. The van der Waals surface area contributed by atoms with E-state index in [4.69, 9.17) is 16.3 Å². The molecule has 3 aliphatic rings. The number of hydrogen-bond donors (Lipinski definition) is 0. The lowest BCUT2D eigenvalue weighted by molar-refractivity contribution is 0.0504. The summed E-state index contributed by atoms with van der Waals surface area (Å²) in [5.74, 6) is 0. The minimum absolute atomic E-state index is 0.234. The Bertz CT molecular complexity index is 588. The van der Waals surface area contributed by atoms with E-state index in [0.717, 1.165) is 63.8 Å². The molecule has 1 atom stereocenters. The van der Waals surface area contributed by atoms with Crippen molar-refractivity contribution in [2.24, 2.45) is 0 Å². The summed E-state index contributed by atoms with van der Waals surface area (Å²) in [6.07, 6.45) is 1.95. The molecule has 0 bridgehead atoms. The Kier molecular flexibility index (Phi) is 4.66. The van der Waals surface area contributed by atoms with Crippen molar-refractivity contribution in [1.82, 2.24) is 14.7 Å². The molecule has 3 fully saturated rings. The Morgan fingerprint density at radius 2 is 1.75 bits per heavy atom. The number of ether oxygens (including phenoxy) is 1. The standard InChI is InChI=1S/C18H24ClN3O2/c19-15-3-1-14(2-4-15)11-20-7-8-21-17(12-20)13-22(18(21)23)16-5-9-24-10-6-16/h1-4,16-17H,5-13H2/t17-/m1/s1. The minimum atomic E-state index is 0.234. The third-order valence-corrected chi connectivity index (χ3v) is 5.67. The van der Waals surface area contributed by atoms with E-state index in [2.05, 4.69) is 26.8 Å². The van der Waals surface area contributed by atoms with Gasteiger partial charge in [0.15, 0.2) is 0 Å². The van der Waals surface area contributed by atoms with Gasteiger partial charge in [0, 0.05) is 57.0 Å². The molecule has 3 heterocycles. The highest BCUT2D eigenvalue weighted by molar-refractivity contribution is 6.30. The van der Waals surface area contributed by atoms with Crippen LogP contribution in [0.15, 0.2) is 24.3 Å². The van der Waals surface area contributed by atoms with Crippen LogP contribution in [0.3, 0.4) is 0 Å². The summed E-state index contributed by atoms with van der Waals surface area (Å²) in [5.41, 5.74) is 1.28. The molecule has 6 heteroatoms. The highest BCUT2D eigenvalue weighted by atomic mass is 35.5. The maximum atomic E-state index is 12.7. The van der Waals surface area contributed by atoms with Crippen LogP contribution in [-0.2, 0) is 11.3 Å². The summed E-state index contributed by atoms with van der Waals surface area (Å²) >= 11 is 5.96. The molecule has 1 aromatic rings. The third-order valence-electron chi connectivity index (χ3n) is 5.42. The van der Waals surface area contributed by atoms with Crippen LogP contribution in [0.5, 0.6) is 0 Å². The van der Waals surface area contributed by atoms with Crippen LogP contribution in [0.25, 0.3) is 0 Å². The van der Waals surface area contributed by atoms with Crippen molar-refractivity contribution in [2.75, 3.05) is 39.4 Å². The van der Waals surface area contributed by atoms with Crippen LogP contribution in [0.2, 0.25) is 5.02 Å². The molecule has 0 N–H and O–H groups in total. The van der Waals surface area contributed by atoms with E-state index in [0.29, 0.717) is 12.1 Å². The molecule has 0 aliphatic carbocycles. The monoisotopic (exact) mass is 349 g/mol. The molecule has 4 rings (SSSR count). The van der Waals surface area contributed by atoms with E-state index in [1.165, 1.54) is 5.56 Å². The second-order valence-electron chi connectivity index (χ2n) is 6.99. The van der Waals surface area contributed by atoms with E-state index in [1.54, 1.807) is 0 Å². The number of rotatable bonds is 3. The van der Waals surface area contributed by atoms with E-state index >= 15 is 0 Å². The average molecular weight is 350 g/mol. The molecular formula is C18H24ClN3O2. The third kappa shape index (κ3) is 3.25. The molecule has 24 heavy (non-hydrogen) atoms. The van der Waals surface area contributed by atoms with Gasteiger partial charge >= 0.3 is 6.03 Å². The van der Waals surface area contributed by atoms with Gasteiger partial charge in [0.05, 0.1) is 6.04 Å². The number of urea groups is 1. The highest BCUT2D eigenvalue weighted by Crippen LogP contribution is 2.26. The molecule has 1 aromatic carbocycles. The second-order valence-corrected chi connectivity index (χ2v) is 7.42. The first kappa shape index (κ1) is 16.2. The van der Waals surface area contributed by atoms with Gasteiger partial charge in [-0.1, -0.05) is 23.7 Å². The predicted octanol–water partition coefficient (Wildman–Crippen LogP) is 2.44. The number of halogens is 1. The van der Waals surface area contributed by atoms with Crippen molar-refractivity contribution < 1.29 is 9.53 Å². The first-order valence-electron chi connectivity index (χ1n) is 8.82. The molecule has 3 saturated heterocycles. The lowest BCUT2D eigenvalue weighted by Crippen LogP contribution is -2.51. The average Bonchev–Trinajstić information content (AvgIpc) is 2.94. The minimum Gasteiger partial charge on any atom is -0.381 e. The number of carbonyl (C=O) groups excluding carboxylic acids is 1. The van der Waals surface area contributed by atoms with E-state index in [9.17, 15) is 4.79 Å². The van der Waals surface area contributed by atoms with Crippen LogP contribution in [0.4, 0.5) is 4.79 Å². The number of hydrogen-bond acceptors (Lipinski definition) is 3. The van der Waals surface area contributed by atoms with Gasteiger partial charge in [0.1, 0.15) is 0 Å². The molecule has 3 aliphatic heterocycles. The largest absolute Gasteiger partial charge is 0.381 e. The molecule has 0 saturated carbocycles. The van der Waals surface area contributed by atoms with Gasteiger partial charge in [-0.25, -0.2) is 4.79 Å². The fourth-order valence-electron chi connectivity index (χ4n) is 4.09. The first-order valence-corrected chi connectivity index (χ1v) is 9.20. The quantitative estimate of drug-likeness (QED) is 0.841. The Morgan fingerprint density at radius 3 is 2.50 bits per heavy atom. The summed E-state index contributed by atoms with van der Waals surface area (Å²) in [7, 11) is 0. The number of benzene rings is 1. The Labute approximate surface area is 148 Å². The van der Waals surface area contributed by atoms with Gasteiger partial charge in [0.25, 0.3) is 0 Å². The maximum Gasteiger partial charge on any atom is 0.320 e.